The number of ketones is 1. The van der Waals surface area contributed by atoms with Gasteiger partial charge in [-0.15, -0.1) is 0 Å². The van der Waals surface area contributed by atoms with Gasteiger partial charge in [0.05, 0.1) is 17.8 Å². The molecule has 86 valence electrons. The van der Waals surface area contributed by atoms with Gasteiger partial charge in [-0.05, 0) is 13.0 Å². The second-order valence-corrected chi connectivity index (χ2v) is 3.08. The van der Waals surface area contributed by atoms with Crippen LogP contribution in [0.15, 0.2) is 18.5 Å². The van der Waals surface area contributed by atoms with E-state index in [1.165, 1.54) is 19.3 Å². The van der Waals surface area contributed by atoms with Crippen molar-refractivity contribution in [2.24, 2.45) is 5.84 Å². The van der Waals surface area contributed by atoms with Crippen molar-refractivity contribution in [2.75, 3.05) is 12.0 Å². The maximum Gasteiger partial charge on any atom is 0.269 e. The fraction of sp³-hybridized carbons (Fsp3) is 0.222. The smallest absolute Gasteiger partial charge is 0.269 e. The van der Waals surface area contributed by atoms with Crippen molar-refractivity contribution in [3.63, 3.8) is 0 Å². The van der Waals surface area contributed by atoms with Gasteiger partial charge in [0.2, 0.25) is 0 Å². The van der Waals surface area contributed by atoms with Crippen LogP contribution in [0.5, 0.6) is 0 Å². The fourth-order valence-corrected chi connectivity index (χ4v) is 1.02. The molecule has 1 heterocycles. The molecule has 7 nitrogen and oxygen atoms in total. The number of anilines is 1. The van der Waals surface area contributed by atoms with Crippen molar-refractivity contribution < 1.29 is 9.59 Å². The summed E-state index contributed by atoms with van der Waals surface area (Å²) < 4.78 is 0. The summed E-state index contributed by atoms with van der Waals surface area (Å²) in [6.45, 7) is 1.48. The highest BCUT2D eigenvalue weighted by Crippen LogP contribution is 2.10. The number of hydrazine groups is 2. The van der Waals surface area contributed by atoms with E-state index >= 15 is 0 Å². The first-order chi connectivity index (χ1) is 7.65. The minimum absolute atomic E-state index is 0.0669. The molecule has 0 radical (unpaired) electrons. The number of nitrogens with zero attached hydrogens (tertiary/aromatic N) is 1. The van der Waals surface area contributed by atoms with Crippen molar-refractivity contribution in [3.05, 3.63) is 24.0 Å². The maximum atomic E-state index is 11.6. The second-order valence-electron chi connectivity index (χ2n) is 3.08. The lowest BCUT2D eigenvalue weighted by Gasteiger charge is -2.08. The first kappa shape index (κ1) is 12.1. The number of hydrogen-bond donors (Lipinski definition) is 4. The van der Waals surface area contributed by atoms with Crippen LogP contribution in [-0.4, -0.2) is 23.2 Å². The third kappa shape index (κ3) is 3.30. The normalized spacial score (nSPS) is 9.62. The van der Waals surface area contributed by atoms with Crippen molar-refractivity contribution >= 4 is 17.4 Å². The van der Waals surface area contributed by atoms with Crippen molar-refractivity contribution in [1.82, 2.24) is 15.8 Å². The molecule has 1 aromatic heterocycles. The molecule has 0 spiro atoms. The first-order valence-corrected chi connectivity index (χ1v) is 4.58. The molecule has 1 aromatic rings. The van der Waals surface area contributed by atoms with E-state index in [4.69, 9.17) is 5.84 Å². The SMILES string of the molecule is CC(=O)CNNC(=O)c1cnccc1NN. The molecule has 0 fully saturated rings. The van der Waals surface area contributed by atoms with Gasteiger partial charge < -0.3 is 5.43 Å². The number of Topliss-reactive ketones (excluding diaryl/α,β-unsaturated/α-hetero) is 1. The van der Waals surface area contributed by atoms with E-state index in [-0.39, 0.29) is 12.3 Å². The average molecular weight is 223 g/mol. The van der Waals surface area contributed by atoms with E-state index in [0.29, 0.717) is 11.3 Å². The number of pyridine rings is 1. The van der Waals surface area contributed by atoms with Crippen LogP contribution >= 0.6 is 0 Å². The van der Waals surface area contributed by atoms with Crippen LogP contribution in [0.25, 0.3) is 0 Å². The Morgan fingerprint density at radius 2 is 2.25 bits per heavy atom. The van der Waals surface area contributed by atoms with Crippen LogP contribution in [0.1, 0.15) is 17.3 Å². The molecule has 0 atom stereocenters. The fourth-order valence-electron chi connectivity index (χ4n) is 1.02. The number of carbonyl (C=O) groups excluding carboxylic acids is 2. The molecule has 0 aliphatic heterocycles. The number of aromatic nitrogens is 1. The van der Waals surface area contributed by atoms with Crippen LogP contribution < -0.4 is 22.1 Å². The topological polar surface area (TPSA) is 109 Å². The highest BCUT2D eigenvalue weighted by molar-refractivity contribution is 5.99. The molecular formula is C9H13N5O2. The summed E-state index contributed by atoms with van der Waals surface area (Å²) in [5.74, 6) is 4.74. The molecule has 0 aromatic carbocycles. The Labute approximate surface area is 92.4 Å². The van der Waals surface area contributed by atoms with E-state index in [1.54, 1.807) is 6.07 Å². The average Bonchev–Trinajstić information content (AvgIpc) is 2.28. The zero-order valence-corrected chi connectivity index (χ0v) is 8.78. The predicted molar refractivity (Wildman–Crippen MR) is 58.2 cm³/mol. The van der Waals surface area contributed by atoms with Crippen molar-refractivity contribution in [2.45, 2.75) is 6.92 Å². The van der Waals surface area contributed by atoms with Gasteiger partial charge >= 0.3 is 0 Å². The Morgan fingerprint density at radius 3 is 2.88 bits per heavy atom. The molecule has 0 aliphatic rings. The summed E-state index contributed by atoms with van der Waals surface area (Å²) in [7, 11) is 0. The lowest BCUT2D eigenvalue weighted by atomic mass is 10.2. The summed E-state index contributed by atoms with van der Waals surface area (Å²) in [5.41, 5.74) is 7.98. The number of nitrogens with two attached hydrogens (primary N) is 1. The molecule has 0 saturated heterocycles. The van der Waals surface area contributed by atoms with Crippen LogP contribution in [0, 0.1) is 0 Å². The third-order valence-electron chi connectivity index (χ3n) is 1.76. The Bertz CT molecular complexity index is 393. The van der Waals surface area contributed by atoms with Crippen LogP contribution in [-0.2, 0) is 4.79 Å². The lowest BCUT2D eigenvalue weighted by molar-refractivity contribution is -0.116. The summed E-state index contributed by atoms with van der Waals surface area (Å²) in [6, 6.07) is 1.57. The minimum Gasteiger partial charge on any atom is -0.323 e. The molecular weight excluding hydrogens is 210 g/mol. The van der Waals surface area contributed by atoms with E-state index < -0.39 is 5.91 Å². The molecule has 1 amide bonds. The third-order valence-corrected chi connectivity index (χ3v) is 1.76. The van der Waals surface area contributed by atoms with Crippen molar-refractivity contribution in [1.29, 1.82) is 0 Å². The van der Waals surface area contributed by atoms with Crippen LogP contribution in [0.3, 0.4) is 0 Å². The summed E-state index contributed by atoms with van der Waals surface area (Å²) in [5, 5.41) is 0. The maximum absolute atomic E-state index is 11.6. The van der Waals surface area contributed by atoms with E-state index in [0.717, 1.165) is 0 Å². The van der Waals surface area contributed by atoms with Gasteiger partial charge in [0.1, 0.15) is 5.78 Å². The molecule has 0 unspecified atom stereocenters. The number of nitrogen functional groups attached to an aromatic ring is 1. The second kappa shape index (κ2) is 5.79. The standard InChI is InChI=1S/C9H13N5O2/c1-6(15)4-12-14-9(16)7-5-11-3-2-8(7)13-10/h2-3,5,12H,4,10H2,1H3,(H,11,13)(H,14,16). The van der Waals surface area contributed by atoms with Gasteiger partial charge in [-0.3, -0.25) is 25.8 Å². The Hall–Kier alpha value is -1.99. The van der Waals surface area contributed by atoms with Gasteiger partial charge in [-0.2, -0.15) is 0 Å². The number of hydrogen-bond acceptors (Lipinski definition) is 6. The number of nitrogens with one attached hydrogen (secondary N) is 3. The van der Waals surface area contributed by atoms with Gasteiger partial charge in [0.25, 0.3) is 5.91 Å². The van der Waals surface area contributed by atoms with Gasteiger partial charge in [0, 0.05) is 12.4 Å². The van der Waals surface area contributed by atoms with Gasteiger partial charge in [-0.25, -0.2) is 5.43 Å². The Kier molecular flexibility index (Phi) is 4.37. The van der Waals surface area contributed by atoms with E-state index in [1.807, 2.05) is 0 Å². The zero-order valence-electron chi connectivity index (χ0n) is 8.78. The molecule has 7 heteroatoms. The Morgan fingerprint density at radius 1 is 1.50 bits per heavy atom. The highest BCUT2D eigenvalue weighted by Gasteiger charge is 2.10. The molecule has 16 heavy (non-hydrogen) atoms. The lowest BCUT2D eigenvalue weighted by Crippen LogP contribution is -2.40. The predicted octanol–water partition coefficient (Wildman–Crippen LogP) is -0.809. The molecule has 5 N–H and O–H groups in total. The number of carbonyl (C=O) groups is 2. The van der Waals surface area contributed by atoms with Gasteiger partial charge in [-0.1, -0.05) is 0 Å². The van der Waals surface area contributed by atoms with E-state index in [2.05, 4.69) is 21.3 Å². The van der Waals surface area contributed by atoms with E-state index in [9.17, 15) is 9.59 Å². The summed E-state index contributed by atoms with van der Waals surface area (Å²) in [6.07, 6.45) is 2.88. The summed E-state index contributed by atoms with van der Waals surface area (Å²) in [4.78, 5) is 26.0. The highest BCUT2D eigenvalue weighted by atomic mass is 16.2. The molecule has 0 saturated carbocycles. The molecule has 0 aliphatic carbocycles. The van der Waals surface area contributed by atoms with Crippen molar-refractivity contribution in [3.8, 4) is 0 Å². The summed E-state index contributed by atoms with van der Waals surface area (Å²) >= 11 is 0. The first-order valence-electron chi connectivity index (χ1n) is 4.58. The monoisotopic (exact) mass is 223 g/mol. The minimum atomic E-state index is -0.415. The van der Waals surface area contributed by atoms with Gasteiger partial charge in [0.15, 0.2) is 0 Å². The molecule has 1 rings (SSSR count). The zero-order chi connectivity index (χ0) is 12.0. The largest absolute Gasteiger partial charge is 0.323 e. The number of amides is 1. The van der Waals surface area contributed by atoms with Crippen LogP contribution in [0.2, 0.25) is 0 Å². The quantitative estimate of drug-likeness (QED) is 0.384. The molecule has 0 bridgehead atoms. The number of rotatable bonds is 5. The van der Waals surface area contributed by atoms with Crippen LogP contribution in [0.4, 0.5) is 5.69 Å². The Balaban J connectivity index is 2.62.